The van der Waals surface area contributed by atoms with Gasteiger partial charge in [-0.1, -0.05) is 30.3 Å². The number of hydrogen-bond donors (Lipinski definition) is 2. The molecule has 2 aliphatic carbocycles. The van der Waals surface area contributed by atoms with Gasteiger partial charge in [0.05, 0.1) is 17.7 Å². The van der Waals surface area contributed by atoms with E-state index in [2.05, 4.69) is 43.3 Å². The molecule has 0 bridgehead atoms. The van der Waals surface area contributed by atoms with Gasteiger partial charge in [0, 0.05) is 31.1 Å². The number of rotatable bonds is 7. The normalized spacial score (nSPS) is 29.7. The fourth-order valence-electron chi connectivity index (χ4n) is 7.25. The monoisotopic (exact) mass is 525 g/mol. The van der Waals surface area contributed by atoms with Crippen LogP contribution >= 0.6 is 0 Å². The first-order chi connectivity index (χ1) is 18.1. The number of carbonyl (C=O) groups is 3. The van der Waals surface area contributed by atoms with Crippen LogP contribution in [0.4, 0.5) is 4.79 Å². The molecule has 0 unspecified atom stereocenters. The molecular weight excluding hydrogens is 482 g/mol. The number of nitrogens with two attached hydrogens (primary N) is 1. The van der Waals surface area contributed by atoms with E-state index in [-0.39, 0.29) is 35.8 Å². The van der Waals surface area contributed by atoms with E-state index < -0.39 is 11.1 Å². The zero-order valence-corrected chi connectivity index (χ0v) is 22.9. The summed E-state index contributed by atoms with van der Waals surface area (Å²) in [7, 11) is 4.26. The van der Waals surface area contributed by atoms with Crippen LogP contribution in [-0.4, -0.2) is 101 Å². The number of benzene rings is 1. The maximum Gasteiger partial charge on any atom is 0.321 e. The summed E-state index contributed by atoms with van der Waals surface area (Å²) in [5, 5.41) is 11.1. The van der Waals surface area contributed by atoms with Crippen molar-refractivity contribution in [3.63, 3.8) is 0 Å². The standard InChI is InChI=1S/C29H43N5O4/c1-31(2)29(23-7-4-3-5-8-23)15-13-27(14-16-29)20-33(26(37)34(27)21-28(38)11-6-12-28)19-24(35)32-17-9-22(10-18-32)25(30)36/h3-5,7-8,22,38H,6,9-21H2,1-2H3,(H2,30,36). The third-order valence-electron chi connectivity index (χ3n) is 10.0. The second kappa shape index (κ2) is 10.2. The van der Waals surface area contributed by atoms with E-state index in [9.17, 15) is 19.5 Å². The lowest BCUT2D eigenvalue weighted by Crippen LogP contribution is -2.59. The van der Waals surface area contributed by atoms with Gasteiger partial charge in [-0.3, -0.25) is 14.5 Å². The zero-order valence-electron chi connectivity index (χ0n) is 22.9. The minimum atomic E-state index is -0.825. The van der Waals surface area contributed by atoms with Crippen molar-refractivity contribution >= 4 is 17.8 Å². The molecule has 2 heterocycles. The van der Waals surface area contributed by atoms with Crippen molar-refractivity contribution in [1.29, 1.82) is 0 Å². The van der Waals surface area contributed by atoms with Crippen LogP contribution < -0.4 is 5.73 Å². The summed E-state index contributed by atoms with van der Waals surface area (Å²) < 4.78 is 0. The second-order valence-corrected chi connectivity index (χ2v) is 12.4. The van der Waals surface area contributed by atoms with E-state index >= 15 is 0 Å². The van der Waals surface area contributed by atoms with Gasteiger partial charge in [0.25, 0.3) is 0 Å². The summed E-state index contributed by atoms with van der Waals surface area (Å²) in [5.74, 6) is -0.568. The van der Waals surface area contributed by atoms with Crippen molar-refractivity contribution in [2.24, 2.45) is 11.7 Å². The van der Waals surface area contributed by atoms with E-state index in [4.69, 9.17) is 5.73 Å². The molecular formula is C29H43N5O4. The van der Waals surface area contributed by atoms with E-state index in [1.165, 1.54) is 5.56 Å². The van der Waals surface area contributed by atoms with Crippen molar-refractivity contribution in [2.75, 3.05) is 46.8 Å². The van der Waals surface area contributed by atoms with Crippen LogP contribution in [0.5, 0.6) is 0 Å². The molecule has 2 saturated heterocycles. The molecule has 1 spiro atoms. The highest BCUT2D eigenvalue weighted by molar-refractivity contribution is 5.86. The van der Waals surface area contributed by atoms with Crippen molar-refractivity contribution in [2.45, 2.75) is 74.5 Å². The Morgan fingerprint density at radius 3 is 2.18 bits per heavy atom. The predicted molar refractivity (Wildman–Crippen MR) is 144 cm³/mol. The van der Waals surface area contributed by atoms with Gasteiger partial charge in [-0.15, -0.1) is 0 Å². The molecule has 4 amide bonds. The summed E-state index contributed by atoms with van der Waals surface area (Å²) in [6.07, 6.45) is 6.98. The third kappa shape index (κ3) is 4.79. The van der Waals surface area contributed by atoms with E-state index in [0.29, 0.717) is 51.9 Å². The molecule has 4 aliphatic rings. The molecule has 0 atom stereocenters. The van der Waals surface area contributed by atoms with Crippen molar-refractivity contribution in [1.82, 2.24) is 19.6 Å². The number of β-amino-alcohol motifs (C(OH)–C–C–N with tert-alkyl or cyclic N) is 1. The van der Waals surface area contributed by atoms with Crippen LogP contribution in [0.25, 0.3) is 0 Å². The zero-order chi connectivity index (χ0) is 27.1. The number of likely N-dealkylation sites (tertiary alicyclic amines) is 1. The summed E-state index contributed by atoms with van der Waals surface area (Å²) in [6, 6.07) is 10.5. The largest absolute Gasteiger partial charge is 0.388 e. The maximum absolute atomic E-state index is 13.8. The first-order valence-electron chi connectivity index (χ1n) is 14.2. The number of piperidine rings is 1. The molecule has 38 heavy (non-hydrogen) atoms. The van der Waals surface area contributed by atoms with E-state index in [1.54, 1.807) is 9.80 Å². The highest BCUT2D eigenvalue weighted by Crippen LogP contribution is 2.50. The van der Waals surface area contributed by atoms with Crippen molar-refractivity contribution < 1.29 is 19.5 Å². The average molecular weight is 526 g/mol. The maximum atomic E-state index is 13.8. The first kappa shape index (κ1) is 26.9. The number of amides is 4. The van der Waals surface area contributed by atoms with Gasteiger partial charge in [0.1, 0.15) is 6.54 Å². The summed E-state index contributed by atoms with van der Waals surface area (Å²) in [5.41, 5.74) is 5.42. The molecule has 3 N–H and O–H groups in total. The van der Waals surface area contributed by atoms with Gasteiger partial charge in [0.15, 0.2) is 0 Å². The molecule has 0 aromatic heterocycles. The van der Waals surface area contributed by atoms with Crippen molar-refractivity contribution in [3.8, 4) is 0 Å². The predicted octanol–water partition coefficient (Wildman–Crippen LogP) is 2.13. The Kier molecular flexibility index (Phi) is 7.20. The van der Waals surface area contributed by atoms with Gasteiger partial charge in [-0.05, 0) is 77.4 Å². The number of aliphatic hydroxyl groups is 1. The molecule has 0 radical (unpaired) electrons. The molecule has 9 heteroatoms. The first-order valence-corrected chi connectivity index (χ1v) is 14.2. The van der Waals surface area contributed by atoms with Gasteiger partial charge >= 0.3 is 6.03 Å². The topological polar surface area (TPSA) is 110 Å². The number of urea groups is 1. The van der Waals surface area contributed by atoms with E-state index in [1.807, 2.05) is 11.0 Å². The average Bonchev–Trinajstić information content (AvgIpc) is 3.14. The highest BCUT2D eigenvalue weighted by Gasteiger charge is 2.56. The molecule has 2 aliphatic heterocycles. The Morgan fingerprint density at radius 2 is 1.66 bits per heavy atom. The molecule has 1 aromatic carbocycles. The van der Waals surface area contributed by atoms with Crippen LogP contribution in [0.2, 0.25) is 0 Å². The van der Waals surface area contributed by atoms with Crippen LogP contribution in [0.1, 0.15) is 63.4 Å². The van der Waals surface area contributed by atoms with E-state index in [0.717, 1.165) is 32.1 Å². The summed E-state index contributed by atoms with van der Waals surface area (Å²) >= 11 is 0. The molecule has 1 aromatic rings. The lowest BCUT2D eigenvalue weighted by atomic mass is 9.67. The molecule has 5 rings (SSSR count). The minimum Gasteiger partial charge on any atom is -0.388 e. The Morgan fingerprint density at radius 1 is 1.03 bits per heavy atom. The molecule has 2 saturated carbocycles. The fourth-order valence-corrected chi connectivity index (χ4v) is 7.25. The lowest BCUT2D eigenvalue weighted by Gasteiger charge is -2.52. The Balaban J connectivity index is 1.33. The smallest absolute Gasteiger partial charge is 0.321 e. The van der Waals surface area contributed by atoms with Gasteiger partial charge < -0.3 is 25.5 Å². The van der Waals surface area contributed by atoms with Gasteiger partial charge in [-0.2, -0.15) is 0 Å². The summed E-state index contributed by atoms with van der Waals surface area (Å²) in [4.78, 5) is 46.3. The van der Waals surface area contributed by atoms with Crippen LogP contribution in [-0.2, 0) is 15.1 Å². The van der Waals surface area contributed by atoms with Crippen LogP contribution in [0.3, 0.4) is 0 Å². The fraction of sp³-hybridized carbons (Fsp3) is 0.690. The lowest BCUT2D eigenvalue weighted by molar-refractivity contribution is -0.135. The van der Waals surface area contributed by atoms with Crippen LogP contribution in [0, 0.1) is 5.92 Å². The SMILES string of the molecule is CN(C)C1(c2ccccc2)CCC2(CC1)CN(CC(=O)N1CCC(C(N)=O)CC1)C(=O)N2CC1(O)CCC1. The molecule has 9 nitrogen and oxygen atoms in total. The highest BCUT2D eigenvalue weighted by atomic mass is 16.3. The third-order valence-corrected chi connectivity index (χ3v) is 10.0. The second-order valence-electron chi connectivity index (χ2n) is 12.4. The number of carbonyl (C=O) groups excluding carboxylic acids is 3. The van der Waals surface area contributed by atoms with Crippen molar-refractivity contribution in [3.05, 3.63) is 35.9 Å². The molecule has 4 fully saturated rings. The molecule has 208 valence electrons. The number of primary amides is 1. The Hall–Kier alpha value is -2.65. The van der Waals surface area contributed by atoms with Gasteiger partial charge in [-0.25, -0.2) is 4.79 Å². The Bertz CT molecular complexity index is 1040. The Labute approximate surface area is 225 Å². The van der Waals surface area contributed by atoms with Gasteiger partial charge in [0.2, 0.25) is 11.8 Å². The number of nitrogens with zero attached hydrogens (tertiary/aromatic N) is 4. The quantitative estimate of drug-likeness (QED) is 0.567. The minimum absolute atomic E-state index is 0.0360. The van der Waals surface area contributed by atoms with Crippen LogP contribution in [0.15, 0.2) is 30.3 Å². The summed E-state index contributed by atoms with van der Waals surface area (Å²) in [6.45, 7) is 1.86. The number of hydrogen-bond acceptors (Lipinski definition) is 5.